The SMILES string of the molecule is CN(CC1COc2ccccc2O1)C(=O)c1ccccc1OCc1ccc(F)cc1. The number of benzene rings is 3. The number of halogens is 1. The van der Waals surface area contributed by atoms with Crippen LogP contribution in [-0.4, -0.2) is 37.1 Å². The molecular weight excluding hydrogens is 385 g/mol. The van der Waals surface area contributed by atoms with Crippen LogP contribution in [0.1, 0.15) is 15.9 Å². The molecule has 1 heterocycles. The van der Waals surface area contributed by atoms with Gasteiger partial charge in [-0.15, -0.1) is 0 Å². The van der Waals surface area contributed by atoms with Gasteiger partial charge < -0.3 is 19.1 Å². The zero-order chi connectivity index (χ0) is 20.9. The highest BCUT2D eigenvalue weighted by atomic mass is 19.1. The van der Waals surface area contributed by atoms with Gasteiger partial charge in [0.1, 0.15) is 24.8 Å². The number of amides is 1. The first-order chi connectivity index (χ1) is 14.6. The molecule has 0 saturated carbocycles. The fourth-order valence-corrected chi connectivity index (χ4v) is 3.26. The molecule has 154 valence electrons. The summed E-state index contributed by atoms with van der Waals surface area (Å²) in [5.41, 5.74) is 1.28. The van der Waals surface area contributed by atoms with Crippen LogP contribution < -0.4 is 14.2 Å². The van der Waals surface area contributed by atoms with Gasteiger partial charge in [0.25, 0.3) is 5.91 Å². The number of nitrogens with zero attached hydrogens (tertiary/aromatic N) is 1. The van der Waals surface area contributed by atoms with Crippen molar-refractivity contribution >= 4 is 5.91 Å². The Bertz CT molecular complexity index is 1020. The molecule has 1 aliphatic rings. The summed E-state index contributed by atoms with van der Waals surface area (Å²) in [5, 5.41) is 0. The molecule has 3 aromatic carbocycles. The summed E-state index contributed by atoms with van der Waals surface area (Å²) < 4.78 is 30.6. The Morgan fingerprint density at radius 3 is 2.53 bits per heavy atom. The number of para-hydroxylation sites is 3. The molecule has 0 radical (unpaired) electrons. The topological polar surface area (TPSA) is 48.0 Å². The number of carbonyl (C=O) groups is 1. The number of fused-ring (bicyclic) bond motifs is 1. The third-order valence-electron chi connectivity index (χ3n) is 4.82. The molecule has 6 heteroatoms. The second-order valence-electron chi connectivity index (χ2n) is 7.09. The molecule has 1 atom stereocenters. The molecule has 0 aromatic heterocycles. The van der Waals surface area contributed by atoms with Crippen LogP contribution in [-0.2, 0) is 6.61 Å². The molecule has 0 aliphatic carbocycles. The van der Waals surface area contributed by atoms with Crippen LogP contribution in [0.15, 0.2) is 72.8 Å². The van der Waals surface area contributed by atoms with Crippen LogP contribution in [0.4, 0.5) is 4.39 Å². The molecular formula is C24H22FNO4. The number of hydrogen-bond donors (Lipinski definition) is 0. The molecule has 3 aromatic rings. The lowest BCUT2D eigenvalue weighted by molar-refractivity contribution is 0.0518. The van der Waals surface area contributed by atoms with Crippen molar-refractivity contribution in [1.82, 2.24) is 4.90 Å². The largest absolute Gasteiger partial charge is 0.488 e. The quantitative estimate of drug-likeness (QED) is 0.611. The summed E-state index contributed by atoms with van der Waals surface area (Å²) in [7, 11) is 1.73. The van der Waals surface area contributed by atoms with Gasteiger partial charge in [0, 0.05) is 7.05 Å². The summed E-state index contributed by atoms with van der Waals surface area (Å²) in [4.78, 5) is 14.6. The van der Waals surface area contributed by atoms with Gasteiger partial charge in [0.15, 0.2) is 17.6 Å². The monoisotopic (exact) mass is 407 g/mol. The highest BCUT2D eigenvalue weighted by Gasteiger charge is 2.25. The predicted octanol–water partition coefficient (Wildman–Crippen LogP) is 4.32. The first-order valence-electron chi connectivity index (χ1n) is 9.70. The van der Waals surface area contributed by atoms with Gasteiger partial charge in [-0.05, 0) is 42.0 Å². The lowest BCUT2D eigenvalue weighted by Crippen LogP contribution is -2.41. The van der Waals surface area contributed by atoms with Gasteiger partial charge in [-0.3, -0.25) is 4.79 Å². The zero-order valence-corrected chi connectivity index (χ0v) is 16.6. The second-order valence-corrected chi connectivity index (χ2v) is 7.09. The normalized spacial score (nSPS) is 14.8. The van der Waals surface area contributed by atoms with Crippen LogP contribution in [0.5, 0.6) is 17.2 Å². The first kappa shape index (κ1) is 19.8. The van der Waals surface area contributed by atoms with E-state index in [0.29, 0.717) is 36.0 Å². The van der Waals surface area contributed by atoms with Crippen molar-refractivity contribution in [2.24, 2.45) is 0 Å². The third-order valence-corrected chi connectivity index (χ3v) is 4.82. The Labute approximate surface area is 174 Å². The van der Waals surface area contributed by atoms with Crippen LogP contribution in [0.2, 0.25) is 0 Å². The maximum atomic E-state index is 13.1. The minimum Gasteiger partial charge on any atom is -0.488 e. The molecule has 0 saturated heterocycles. The number of carbonyl (C=O) groups excluding carboxylic acids is 1. The van der Waals surface area contributed by atoms with Crippen LogP contribution >= 0.6 is 0 Å². The van der Waals surface area contributed by atoms with E-state index in [2.05, 4.69) is 0 Å². The molecule has 1 aliphatic heterocycles. The van der Waals surface area contributed by atoms with Crippen LogP contribution in [0, 0.1) is 5.82 Å². The van der Waals surface area contributed by atoms with Crippen molar-refractivity contribution in [2.45, 2.75) is 12.7 Å². The van der Waals surface area contributed by atoms with Crippen molar-refractivity contribution < 1.29 is 23.4 Å². The lowest BCUT2D eigenvalue weighted by atomic mass is 10.1. The zero-order valence-electron chi connectivity index (χ0n) is 16.6. The lowest BCUT2D eigenvalue weighted by Gasteiger charge is -2.29. The van der Waals surface area contributed by atoms with Crippen molar-refractivity contribution in [3.05, 3.63) is 89.7 Å². The molecule has 0 spiro atoms. The van der Waals surface area contributed by atoms with Crippen molar-refractivity contribution in [3.8, 4) is 17.2 Å². The van der Waals surface area contributed by atoms with E-state index in [1.54, 1.807) is 42.3 Å². The summed E-state index contributed by atoms with van der Waals surface area (Å²) in [6.45, 7) is 0.988. The van der Waals surface area contributed by atoms with E-state index in [9.17, 15) is 9.18 Å². The highest BCUT2D eigenvalue weighted by molar-refractivity contribution is 5.96. The van der Waals surface area contributed by atoms with E-state index in [-0.39, 0.29) is 24.4 Å². The standard InChI is InChI=1S/C24H22FNO4/c1-26(14-19-16-29-22-8-4-5-9-23(22)30-19)24(27)20-6-2-3-7-21(20)28-15-17-10-12-18(25)13-11-17/h2-13,19H,14-16H2,1H3. The molecule has 4 rings (SSSR count). The minimum absolute atomic E-state index is 0.174. The average Bonchev–Trinajstić information content (AvgIpc) is 2.78. The van der Waals surface area contributed by atoms with Gasteiger partial charge in [0.2, 0.25) is 0 Å². The van der Waals surface area contributed by atoms with E-state index in [0.717, 1.165) is 5.56 Å². The number of ether oxygens (including phenoxy) is 3. The molecule has 30 heavy (non-hydrogen) atoms. The van der Waals surface area contributed by atoms with Crippen LogP contribution in [0.25, 0.3) is 0 Å². The fraction of sp³-hybridized carbons (Fsp3) is 0.208. The minimum atomic E-state index is -0.299. The van der Waals surface area contributed by atoms with Gasteiger partial charge >= 0.3 is 0 Å². The second kappa shape index (κ2) is 8.86. The summed E-state index contributed by atoms with van der Waals surface area (Å²) in [6.07, 6.45) is -0.263. The summed E-state index contributed by atoms with van der Waals surface area (Å²) >= 11 is 0. The van der Waals surface area contributed by atoms with Gasteiger partial charge in [-0.1, -0.05) is 36.4 Å². The van der Waals surface area contributed by atoms with Crippen molar-refractivity contribution in [3.63, 3.8) is 0 Å². The first-order valence-corrected chi connectivity index (χ1v) is 9.70. The maximum Gasteiger partial charge on any atom is 0.257 e. The van der Waals surface area contributed by atoms with Gasteiger partial charge in [-0.25, -0.2) is 4.39 Å². The molecule has 5 nitrogen and oxygen atoms in total. The number of likely N-dealkylation sites (N-methyl/N-ethyl adjacent to an activating group) is 1. The van der Waals surface area contributed by atoms with E-state index in [4.69, 9.17) is 14.2 Å². The van der Waals surface area contributed by atoms with Crippen molar-refractivity contribution in [1.29, 1.82) is 0 Å². The maximum absolute atomic E-state index is 13.1. The molecule has 0 fully saturated rings. The number of rotatable bonds is 6. The smallest absolute Gasteiger partial charge is 0.257 e. The summed E-state index contributed by atoms with van der Waals surface area (Å²) in [6, 6.07) is 20.6. The third kappa shape index (κ3) is 4.54. The Morgan fingerprint density at radius 1 is 1.03 bits per heavy atom. The molecule has 1 amide bonds. The van der Waals surface area contributed by atoms with Crippen LogP contribution in [0.3, 0.4) is 0 Å². The molecule has 1 unspecified atom stereocenters. The Balaban J connectivity index is 1.41. The molecule has 0 N–H and O–H groups in total. The van der Waals surface area contributed by atoms with Gasteiger partial charge in [0.05, 0.1) is 12.1 Å². The molecule has 0 bridgehead atoms. The Kier molecular flexibility index (Phi) is 5.84. The predicted molar refractivity (Wildman–Crippen MR) is 110 cm³/mol. The van der Waals surface area contributed by atoms with E-state index in [1.807, 2.05) is 30.3 Å². The number of hydrogen-bond acceptors (Lipinski definition) is 4. The fourth-order valence-electron chi connectivity index (χ4n) is 3.26. The highest BCUT2D eigenvalue weighted by Crippen LogP contribution is 2.31. The van der Waals surface area contributed by atoms with Gasteiger partial charge in [-0.2, -0.15) is 0 Å². The van der Waals surface area contributed by atoms with Crippen molar-refractivity contribution in [2.75, 3.05) is 20.2 Å². The van der Waals surface area contributed by atoms with E-state index >= 15 is 0 Å². The Hall–Kier alpha value is -3.54. The summed E-state index contributed by atoms with van der Waals surface area (Å²) in [5.74, 6) is 1.39. The average molecular weight is 407 g/mol. The van der Waals surface area contributed by atoms with E-state index in [1.165, 1.54) is 12.1 Å². The van der Waals surface area contributed by atoms with E-state index < -0.39 is 0 Å². The Morgan fingerprint density at radius 2 is 1.73 bits per heavy atom.